The van der Waals surface area contributed by atoms with E-state index in [1.807, 2.05) is 0 Å². The molecule has 156 valence electrons. The smallest absolute Gasteiger partial charge is 0.134 e. The second-order valence-corrected chi connectivity index (χ2v) is 10.9. The molecule has 4 aliphatic carbocycles. The third-order valence-corrected chi connectivity index (χ3v) is 9.36. The van der Waals surface area contributed by atoms with Gasteiger partial charge < -0.3 is 0 Å². The first-order valence-corrected chi connectivity index (χ1v) is 12.4. The lowest BCUT2D eigenvalue weighted by molar-refractivity contribution is -0.0382. The monoisotopic (exact) mass is 380 g/mol. The van der Waals surface area contributed by atoms with Gasteiger partial charge in [0.2, 0.25) is 0 Å². The molecule has 27 heavy (non-hydrogen) atoms. The van der Waals surface area contributed by atoms with Crippen molar-refractivity contribution in [2.45, 2.75) is 116 Å². The summed E-state index contributed by atoms with van der Waals surface area (Å²) >= 11 is 0. The van der Waals surface area contributed by atoms with Crippen LogP contribution in [0.5, 0.6) is 0 Å². The van der Waals surface area contributed by atoms with Crippen LogP contribution in [0, 0.1) is 41.4 Å². The molecule has 0 saturated heterocycles. The van der Waals surface area contributed by atoms with Gasteiger partial charge in [0.05, 0.1) is 0 Å². The first-order chi connectivity index (χ1) is 13.1. The summed E-state index contributed by atoms with van der Waals surface area (Å²) in [7, 11) is 0. The quantitative estimate of drug-likeness (QED) is 0.467. The molecule has 4 aliphatic rings. The SMILES string of the molecule is CC1CCC(C2CCC(C3CCC(C4CCCCC4)CC3)[C@@H](F)C2F)CC1. The molecule has 0 aromatic rings. The van der Waals surface area contributed by atoms with Gasteiger partial charge in [-0.3, -0.25) is 0 Å². The first kappa shape index (κ1) is 20.1. The van der Waals surface area contributed by atoms with Gasteiger partial charge in [0.1, 0.15) is 12.3 Å². The molecule has 0 nitrogen and oxygen atoms in total. The van der Waals surface area contributed by atoms with E-state index in [4.69, 9.17) is 0 Å². The Balaban J connectivity index is 1.28. The van der Waals surface area contributed by atoms with Crippen LogP contribution in [0.3, 0.4) is 0 Å². The summed E-state index contributed by atoms with van der Waals surface area (Å²) in [5.41, 5.74) is 0. The molecule has 4 fully saturated rings. The lowest BCUT2D eigenvalue weighted by Crippen LogP contribution is -2.45. The summed E-state index contributed by atoms with van der Waals surface area (Å²) in [6, 6.07) is 0. The van der Waals surface area contributed by atoms with Gasteiger partial charge in [-0.05, 0) is 92.8 Å². The van der Waals surface area contributed by atoms with Crippen molar-refractivity contribution in [3.63, 3.8) is 0 Å². The van der Waals surface area contributed by atoms with Gasteiger partial charge in [-0.2, -0.15) is 0 Å². The van der Waals surface area contributed by atoms with Crippen molar-refractivity contribution >= 4 is 0 Å². The fourth-order valence-electron chi connectivity index (χ4n) is 7.53. The van der Waals surface area contributed by atoms with E-state index < -0.39 is 12.3 Å². The largest absolute Gasteiger partial charge is 0.244 e. The van der Waals surface area contributed by atoms with Crippen molar-refractivity contribution in [1.82, 2.24) is 0 Å². The average molecular weight is 381 g/mol. The lowest BCUT2D eigenvalue weighted by atomic mass is 9.62. The molecule has 0 aromatic heterocycles. The number of rotatable bonds is 3. The first-order valence-electron chi connectivity index (χ1n) is 12.4. The zero-order valence-corrected chi connectivity index (χ0v) is 17.6. The highest BCUT2D eigenvalue weighted by Crippen LogP contribution is 2.49. The molecule has 0 aliphatic heterocycles. The molecule has 4 rings (SSSR count). The number of halogens is 2. The van der Waals surface area contributed by atoms with Gasteiger partial charge in [0, 0.05) is 0 Å². The van der Waals surface area contributed by atoms with E-state index in [2.05, 4.69) is 6.92 Å². The average Bonchev–Trinajstić information content (AvgIpc) is 2.72. The van der Waals surface area contributed by atoms with Crippen molar-refractivity contribution in [3.8, 4) is 0 Å². The van der Waals surface area contributed by atoms with Crippen LogP contribution in [0.1, 0.15) is 103 Å². The zero-order valence-electron chi connectivity index (χ0n) is 17.6. The Bertz CT molecular complexity index is 441. The van der Waals surface area contributed by atoms with Gasteiger partial charge in [0.15, 0.2) is 0 Å². The standard InChI is InChI=1S/C25H42F2/c1-17-7-9-20(10-8-17)22-15-16-23(25(27)24(22)26)21-13-11-19(12-14-21)18-5-3-2-4-6-18/h17-25H,2-16H2,1H3/t17?,19?,20?,21?,22?,23?,24?,25-/m1/s1. The van der Waals surface area contributed by atoms with E-state index in [1.54, 1.807) is 0 Å². The highest BCUT2D eigenvalue weighted by atomic mass is 19.2. The summed E-state index contributed by atoms with van der Waals surface area (Å²) in [5, 5.41) is 0. The van der Waals surface area contributed by atoms with Crippen molar-refractivity contribution in [2.24, 2.45) is 41.4 Å². The molecule has 2 heteroatoms. The van der Waals surface area contributed by atoms with Crippen LogP contribution < -0.4 is 0 Å². The Kier molecular flexibility index (Phi) is 6.81. The molecular formula is C25H42F2. The lowest BCUT2D eigenvalue weighted by Gasteiger charge is -2.45. The van der Waals surface area contributed by atoms with Crippen molar-refractivity contribution in [2.75, 3.05) is 0 Å². The van der Waals surface area contributed by atoms with E-state index in [0.717, 1.165) is 43.4 Å². The molecule has 3 unspecified atom stereocenters. The third kappa shape index (κ3) is 4.55. The highest BCUT2D eigenvalue weighted by molar-refractivity contribution is 4.95. The summed E-state index contributed by atoms with van der Waals surface area (Å²) in [5.74, 6) is 3.58. The Morgan fingerprint density at radius 3 is 1.37 bits per heavy atom. The zero-order chi connectivity index (χ0) is 18.8. The molecule has 0 amide bonds. The van der Waals surface area contributed by atoms with Crippen molar-refractivity contribution in [3.05, 3.63) is 0 Å². The topological polar surface area (TPSA) is 0 Å². The van der Waals surface area contributed by atoms with Crippen LogP contribution >= 0.6 is 0 Å². The van der Waals surface area contributed by atoms with Crippen LogP contribution in [-0.2, 0) is 0 Å². The molecule has 0 aromatic carbocycles. The van der Waals surface area contributed by atoms with E-state index in [0.29, 0.717) is 11.8 Å². The normalized spacial score (nSPS) is 47.7. The molecule has 0 radical (unpaired) electrons. The van der Waals surface area contributed by atoms with E-state index in [9.17, 15) is 0 Å². The van der Waals surface area contributed by atoms with E-state index in [1.165, 1.54) is 70.6 Å². The molecule has 4 atom stereocenters. The van der Waals surface area contributed by atoms with Gasteiger partial charge in [0.25, 0.3) is 0 Å². The summed E-state index contributed by atoms with van der Waals surface area (Å²) in [4.78, 5) is 0. The third-order valence-electron chi connectivity index (χ3n) is 9.36. The molecule has 0 spiro atoms. The fourth-order valence-corrected chi connectivity index (χ4v) is 7.53. The van der Waals surface area contributed by atoms with E-state index in [-0.39, 0.29) is 11.8 Å². The van der Waals surface area contributed by atoms with Gasteiger partial charge in [-0.25, -0.2) is 8.78 Å². The summed E-state index contributed by atoms with van der Waals surface area (Å²) in [6.45, 7) is 2.31. The van der Waals surface area contributed by atoms with Gasteiger partial charge in [-0.15, -0.1) is 0 Å². The van der Waals surface area contributed by atoms with Gasteiger partial charge in [-0.1, -0.05) is 51.9 Å². The molecular weight excluding hydrogens is 338 g/mol. The fraction of sp³-hybridized carbons (Fsp3) is 1.00. The Morgan fingerprint density at radius 1 is 0.444 bits per heavy atom. The summed E-state index contributed by atoms with van der Waals surface area (Å²) < 4.78 is 30.3. The minimum absolute atomic E-state index is 0.0160. The van der Waals surface area contributed by atoms with Crippen LogP contribution in [-0.4, -0.2) is 12.3 Å². The maximum absolute atomic E-state index is 15.2. The minimum atomic E-state index is -1.18. The molecule has 0 N–H and O–H groups in total. The Labute approximate surface area is 166 Å². The van der Waals surface area contributed by atoms with Crippen LogP contribution in [0.2, 0.25) is 0 Å². The van der Waals surface area contributed by atoms with Crippen LogP contribution in [0.15, 0.2) is 0 Å². The molecule has 0 heterocycles. The second kappa shape index (κ2) is 9.12. The van der Waals surface area contributed by atoms with Crippen LogP contribution in [0.25, 0.3) is 0 Å². The Hall–Kier alpha value is -0.140. The Morgan fingerprint density at radius 2 is 0.852 bits per heavy atom. The maximum Gasteiger partial charge on any atom is 0.134 e. The predicted molar refractivity (Wildman–Crippen MR) is 109 cm³/mol. The number of alkyl halides is 2. The minimum Gasteiger partial charge on any atom is -0.244 e. The number of hydrogen-bond acceptors (Lipinski definition) is 0. The summed E-state index contributed by atoms with van der Waals surface area (Å²) in [6.07, 6.45) is 16.3. The van der Waals surface area contributed by atoms with Gasteiger partial charge >= 0.3 is 0 Å². The van der Waals surface area contributed by atoms with E-state index >= 15 is 8.78 Å². The number of hydrogen-bond donors (Lipinski definition) is 0. The van der Waals surface area contributed by atoms with Crippen molar-refractivity contribution < 1.29 is 8.78 Å². The van der Waals surface area contributed by atoms with Crippen molar-refractivity contribution in [1.29, 1.82) is 0 Å². The maximum atomic E-state index is 15.2. The molecule has 4 saturated carbocycles. The molecule has 0 bridgehead atoms. The second-order valence-electron chi connectivity index (χ2n) is 10.9. The van der Waals surface area contributed by atoms with Crippen LogP contribution in [0.4, 0.5) is 8.78 Å². The highest BCUT2D eigenvalue weighted by Gasteiger charge is 2.46. The predicted octanol–water partition coefficient (Wildman–Crippen LogP) is 7.90.